The van der Waals surface area contributed by atoms with Gasteiger partial charge in [-0.25, -0.2) is 0 Å². The molecule has 2 saturated carbocycles. The summed E-state index contributed by atoms with van der Waals surface area (Å²) in [6.07, 6.45) is 14.0. The lowest BCUT2D eigenvalue weighted by atomic mass is 9.62. The fourth-order valence-electron chi connectivity index (χ4n) is 4.79. The molecular weight excluding hydrogens is 246 g/mol. The average molecular weight is 280 g/mol. The van der Waals surface area contributed by atoms with Crippen molar-refractivity contribution in [1.29, 1.82) is 0 Å². The van der Waals surface area contributed by atoms with Crippen molar-refractivity contribution in [3.63, 3.8) is 0 Å². The minimum Gasteiger partial charge on any atom is -0.147 e. The van der Waals surface area contributed by atoms with E-state index in [2.05, 4.69) is 13.8 Å². The summed E-state index contributed by atoms with van der Waals surface area (Å²) in [6, 6.07) is 0.0956. The third-order valence-corrected chi connectivity index (χ3v) is 5.93. The SMILES string of the molecule is CC(C)N([O])C(C)(C)CC1CCC2(CCCCC2)CC1. The molecule has 2 aliphatic rings. The molecular formula is C18H34NO. The van der Waals surface area contributed by atoms with E-state index in [1.807, 2.05) is 13.8 Å². The highest BCUT2D eigenvalue weighted by Crippen LogP contribution is 2.50. The predicted octanol–water partition coefficient (Wildman–Crippen LogP) is 5.35. The first-order valence-corrected chi connectivity index (χ1v) is 8.81. The maximum Gasteiger partial charge on any atom is 0.0443 e. The van der Waals surface area contributed by atoms with Gasteiger partial charge in [0, 0.05) is 11.6 Å². The molecule has 0 unspecified atom stereocenters. The number of hydrogen-bond donors (Lipinski definition) is 0. The van der Waals surface area contributed by atoms with Crippen LogP contribution in [0, 0.1) is 11.3 Å². The highest BCUT2D eigenvalue weighted by molar-refractivity contribution is 4.90. The molecule has 2 heteroatoms. The van der Waals surface area contributed by atoms with Gasteiger partial charge in [-0.3, -0.25) is 0 Å². The number of nitrogens with zero attached hydrogens (tertiary/aromatic N) is 1. The second-order valence-corrected chi connectivity index (χ2v) is 8.44. The molecule has 0 aromatic carbocycles. The Balaban J connectivity index is 1.84. The van der Waals surface area contributed by atoms with Gasteiger partial charge in [0.1, 0.15) is 0 Å². The van der Waals surface area contributed by atoms with Crippen LogP contribution in [0.3, 0.4) is 0 Å². The quantitative estimate of drug-likeness (QED) is 0.636. The molecule has 0 atom stereocenters. The van der Waals surface area contributed by atoms with Crippen molar-refractivity contribution < 1.29 is 5.21 Å². The Morgan fingerprint density at radius 2 is 1.60 bits per heavy atom. The van der Waals surface area contributed by atoms with Gasteiger partial charge in [-0.15, -0.1) is 10.3 Å². The lowest BCUT2D eigenvalue weighted by molar-refractivity contribution is -0.242. The van der Waals surface area contributed by atoms with Crippen molar-refractivity contribution in [1.82, 2.24) is 5.06 Å². The van der Waals surface area contributed by atoms with Gasteiger partial charge in [0.05, 0.1) is 0 Å². The predicted molar refractivity (Wildman–Crippen MR) is 83.8 cm³/mol. The molecule has 2 fully saturated rings. The molecule has 2 rings (SSSR count). The molecule has 2 nitrogen and oxygen atoms in total. The zero-order chi connectivity index (χ0) is 14.8. The topological polar surface area (TPSA) is 23.1 Å². The zero-order valence-electron chi connectivity index (χ0n) is 14.1. The Morgan fingerprint density at radius 1 is 1.05 bits per heavy atom. The Hall–Kier alpha value is -0.0800. The molecule has 0 aromatic rings. The normalized spacial score (nSPS) is 24.8. The van der Waals surface area contributed by atoms with Crippen LogP contribution < -0.4 is 0 Å². The molecule has 2 aliphatic carbocycles. The second kappa shape index (κ2) is 6.36. The van der Waals surface area contributed by atoms with Crippen LogP contribution in [0.25, 0.3) is 0 Å². The van der Waals surface area contributed by atoms with E-state index in [0.717, 1.165) is 12.3 Å². The molecule has 0 saturated heterocycles. The van der Waals surface area contributed by atoms with Crippen molar-refractivity contribution >= 4 is 0 Å². The van der Waals surface area contributed by atoms with E-state index in [1.165, 1.54) is 62.9 Å². The van der Waals surface area contributed by atoms with Crippen molar-refractivity contribution in [3.05, 3.63) is 0 Å². The summed E-state index contributed by atoms with van der Waals surface area (Å²) >= 11 is 0. The van der Waals surface area contributed by atoms with E-state index in [9.17, 15) is 5.21 Å². The maximum absolute atomic E-state index is 12.3. The van der Waals surface area contributed by atoms with Gasteiger partial charge in [0.25, 0.3) is 0 Å². The lowest BCUT2D eigenvalue weighted by Gasteiger charge is -2.45. The summed E-state index contributed by atoms with van der Waals surface area (Å²) in [6.45, 7) is 8.27. The first kappa shape index (κ1) is 16.3. The minimum absolute atomic E-state index is 0.0956. The standard InChI is InChI=1S/C18H34NO/c1-15(2)19(20)17(3,4)14-16-8-12-18(13-9-16)10-6-5-7-11-18/h15-16H,5-14H2,1-4H3. The van der Waals surface area contributed by atoms with Crippen molar-refractivity contribution in [2.24, 2.45) is 11.3 Å². The number of hydroxylamine groups is 2. The summed E-state index contributed by atoms with van der Waals surface area (Å²) in [5.74, 6) is 0.771. The summed E-state index contributed by atoms with van der Waals surface area (Å²) in [7, 11) is 0. The first-order chi connectivity index (χ1) is 9.35. The van der Waals surface area contributed by atoms with Crippen LogP contribution >= 0.6 is 0 Å². The lowest BCUT2D eigenvalue weighted by Crippen LogP contribution is -2.46. The molecule has 0 bridgehead atoms. The molecule has 0 aromatic heterocycles. The van der Waals surface area contributed by atoms with Crippen LogP contribution in [0.5, 0.6) is 0 Å². The van der Waals surface area contributed by atoms with E-state index < -0.39 is 0 Å². The number of hydrogen-bond acceptors (Lipinski definition) is 1. The molecule has 0 N–H and O–H groups in total. The van der Waals surface area contributed by atoms with Gasteiger partial charge in [0.2, 0.25) is 0 Å². The molecule has 0 amide bonds. The third kappa shape index (κ3) is 3.76. The van der Waals surface area contributed by atoms with Crippen LogP contribution in [-0.2, 0) is 5.21 Å². The van der Waals surface area contributed by atoms with Crippen LogP contribution in [0.2, 0.25) is 0 Å². The molecule has 1 spiro atoms. The fraction of sp³-hybridized carbons (Fsp3) is 1.00. The number of rotatable bonds is 4. The monoisotopic (exact) mass is 280 g/mol. The van der Waals surface area contributed by atoms with E-state index in [4.69, 9.17) is 0 Å². The Labute approximate surface area is 125 Å². The highest BCUT2D eigenvalue weighted by atomic mass is 16.5. The average Bonchev–Trinajstić information content (AvgIpc) is 2.41. The molecule has 117 valence electrons. The second-order valence-electron chi connectivity index (χ2n) is 8.44. The summed E-state index contributed by atoms with van der Waals surface area (Å²) in [4.78, 5) is 0. The minimum atomic E-state index is -0.199. The summed E-state index contributed by atoms with van der Waals surface area (Å²) in [5, 5.41) is 13.6. The van der Waals surface area contributed by atoms with E-state index >= 15 is 0 Å². The van der Waals surface area contributed by atoms with E-state index in [-0.39, 0.29) is 11.6 Å². The Morgan fingerprint density at radius 3 is 2.10 bits per heavy atom. The fourth-order valence-corrected chi connectivity index (χ4v) is 4.79. The van der Waals surface area contributed by atoms with Gasteiger partial charge in [-0.2, -0.15) is 0 Å². The summed E-state index contributed by atoms with van der Waals surface area (Å²) < 4.78 is 0. The largest absolute Gasteiger partial charge is 0.147 e. The van der Waals surface area contributed by atoms with Gasteiger partial charge in [-0.05, 0) is 84.0 Å². The van der Waals surface area contributed by atoms with Gasteiger partial charge in [-0.1, -0.05) is 19.3 Å². The highest BCUT2D eigenvalue weighted by Gasteiger charge is 2.39. The van der Waals surface area contributed by atoms with Crippen molar-refractivity contribution in [3.8, 4) is 0 Å². The molecule has 0 heterocycles. The smallest absolute Gasteiger partial charge is 0.0443 e. The van der Waals surface area contributed by atoms with E-state index in [1.54, 1.807) is 0 Å². The zero-order valence-corrected chi connectivity index (χ0v) is 14.1. The Bertz CT molecular complexity index is 295. The first-order valence-electron chi connectivity index (χ1n) is 8.81. The van der Waals surface area contributed by atoms with Crippen LogP contribution in [-0.4, -0.2) is 16.6 Å². The van der Waals surface area contributed by atoms with Gasteiger partial charge < -0.3 is 0 Å². The van der Waals surface area contributed by atoms with Crippen molar-refractivity contribution in [2.75, 3.05) is 0 Å². The van der Waals surface area contributed by atoms with Crippen LogP contribution in [0.4, 0.5) is 0 Å². The van der Waals surface area contributed by atoms with E-state index in [0.29, 0.717) is 5.41 Å². The molecule has 0 aliphatic heterocycles. The molecule has 20 heavy (non-hydrogen) atoms. The van der Waals surface area contributed by atoms with Crippen LogP contribution in [0.1, 0.15) is 91.9 Å². The third-order valence-electron chi connectivity index (χ3n) is 5.93. The van der Waals surface area contributed by atoms with Crippen molar-refractivity contribution in [2.45, 2.75) is 103 Å². The molecule has 1 radical (unpaired) electrons. The van der Waals surface area contributed by atoms with Crippen LogP contribution in [0.15, 0.2) is 0 Å². The van der Waals surface area contributed by atoms with Gasteiger partial charge >= 0.3 is 0 Å². The Kier molecular flexibility index (Phi) is 5.18. The maximum atomic E-state index is 12.3. The van der Waals surface area contributed by atoms with Gasteiger partial charge in [0.15, 0.2) is 0 Å². The summed E-state index contributed by atoms with van der Waals surface area (Å²) in [5.41, 5.74) is 0.504.